The molecule has 0 unspecified atom stereocenters. The van der Waals surface area contributed by atoms with E-state index >= 15 is 0 Å². The van der Waals surface area contributed by atoms with Crippen LogP contribution in [-0.4, -0.2) is 52.8 Å². The van der Waals surface area contributed by atoms with Gasteiger partial charge in [0.2, 0.25) is 0 Å². The predicted octanol–water partition coefficient (Wildman–Crippen LogP) is 5.38. The SMILES string of the molecule is COc1ccc2nccc([C@@H](O)CC[C@@H]3CCN(CCCCc4c(F)cccc4F)C[C@@H]3C(=O)O)c2c1. The number of likely N-dealkylation sites (tertiary alicyclic amines) is 1. The summed E-state index contributed by atoms with van der Waals surface area (Å²) in [5.41, 5.74) is 1.65. The number of nitrogens with zero attached hydrogens (tertiary/aromatic N) is 2. The van der Waals surface area contributed by atoms with E-state index in [4.69, 9.17) is 4.74 Å². The number of aliphatic carboxylic acids is 1. The smallest absolute Gasteiger partial charge is 0.308 e. The van der Waals surface area contributed by atoms with Crippen LogP contribution in [0.3, 0.4) is 0 Å². The maximum absolute atomic E-state index is 13.8. The predicted molar refractivity (Wildman–Crippen MR) is 137 cm³/mol. The van der Waals surface area contributed by atoms with Gasteiger partial charge in [-0.15, -0.1) is 0 Å². The lowest BCUT2D eigenvalue weighted by Crippen LogP contribution is -2.44. The van der Waals surface area contributed by atoms with Crippen molar-refractivity contribution in [1.29, 1.82) is 0 Å². The van der Waals surface area contributed by atoms with Gasteiger partial charge in [-0.25, -0.2) is 8.78 Å². The van der Waals surface area contributed by atoms with Crippen molar-refractivity contribution in [2.75, 3.05) is 26.7 Å². The van der Waals surface area contributed by atoms with Gasteiger partial charge in [-0.1, -0.05) is 6.07 Å². The second-order valence-corrected chi connectivity index (χ2v) is 9.83. The Labute approximate surface area is 215 Å². The highest BCUT2D eigenvalue weighted by Gasteiger charge is 2.34. The van der Waals surface area contributed by atoms with Gasteiger partial charge in [-0.05, 0) is 99.5 Å². The number of aliphatic hydroxyl groups excluding tert-OH is 1. The molecule has 8 heteroatoms. The van der Waals surface area contributed by atoms with Gasteiger partial charge >= 0.3 is 5.97 Å². The van der Waals surface area contributed by atoms with Crippen LogP contribution in [-0.2, 0) is 11.2 Å². The number of aliphatic hydroxyl groups is 1. The van der Waals surface area contributed by atoms with E-state index in [0.717, 1.165) is 35.9 Å². The number of halogens is 2. The summed E-state index contributed by atoms with van der Waals surface area (Å²) in [6.07, 6.45) is 4.43. The molecule has 1 aliphatic rings. The van der Waals surface area contributed by atoms with Crippen molar-refractivity contribution in [2.24, 2.45) is 11.8 Å². The normalized spacial score (nSPS) is 19.1. The first-order valence-corrected chi connectivity index (χ1v) is 12.9. The Hall–Kier alpha value is -3.10. The van der Waals surface area contributed by atoms with Crippen LogP contribution >= 0.6 is 0 Å². The number of pyridine rings is 1. The highest BCUT2D eigenvalue weighted by Crippen LogP contribution is 2.34. The van der Waals surface area contributed by atoms with Gasteiger partial charge in [0.25, 0.3) is 0 Å². The minimum Gasteiger partial charge on any atom is -0.497 e. The van der Waals surface area contributed by atoms with Gasteiger partial charge in [-0.3, -0.25) is 9.78 Å². The van der Waals surface area contributed by atoms with Crippen LogP contribution in [0.2, 0.25) is 0 Å². The average molecular weight is 513 g/mol. The molecule has 0 aliphatic carbocycles. The minimum absolute atomic E-state index is 0.0291. The lowest BCUT2D eigenvalue weighted by atomic mass is 9.81. The molecule has 0 spiro atoms. The van der Waals surface area contributed by atoms with Crippen LogP contribution in [0.5, 0.6) is 5.75 Å². The van der Waals surface area contributed by atoms with Crippen LogP contribution < -0.4 is 4.74 Å². The number of carbonyl (C=O) groups is 1. The Morgan fingerprint density at radius 3 is 2.70 bits per heavy atom. The number of benzene rings is 2. The third-order valence-corrected chi connectivity index (χ3v) is 7.52. The van der Waals surface area contributed by atoms with Crippen molar-refractivity contribution in [3.8, 4) is 5.75 Å². The fourth-order valence-electron chi connectivity index (χ4n) is 5.40. The molecule has 37 heavy (non-hydrogen) atoms. The van der Waals surface area contributed by atoms with E-state index in [-0.39, 0.29) is 11.5 Å². The molecule has 198 valence electrons. The van der Waals surface area contributed by atoms with Crippen molar-refractivity contribution in [1.82, 2.24) is 9.88 Å². The third kappa shape index (κ3) is 6.62. The zero-order valence-corrected chi connectivity index (χ0v) is 21.1. The highest BCUT2D eigenvalue weighted by molar-refractivity contribution is 5.83. The second kappa shape index (κ2) is 12.4. The number of ether oxygens (including phenoxy) is 1. The standard InChI is InChI=1S/C29H34F2N2O4/c1-37-20-9-10-27-23(17-20)21(12-14-32-27)28(34)11-8-19-13-16-33(18-24(19)29(35)36)15-3-2-5-22-25(30)6-4-7-26(22)31/h4,6-7,9-10,12,14,17,19,24,28,34H,2-3,5,8,11,13,15-16,18H2,1H3,(H,35,36)/t19-,24+,28+/m1/s1. The van der Waals surface area contributed by atoms with Crippen molar-refractivity contribution in [2.45, 2.75) is 44.6 Å². The molecule has 2 heterocycles. The first kappa shape index (κ1) is 26.9. The van der Waals surface area contributed by atoms with Crippen molar-refractivity contribution in [3.63, 3.8) is 0 Å². The van der Waals surface area contributed by atoms with E-state index in [0.29, 0.717) is 44.5 Å². The van der Waals surface area contributed by atoms with Crippen LogP contribution in [0, 0.1) is 23.5 Å². The zero-order valence-electron chi connectivity index (χ0n) is 21.1. The van der Waals surface area contributed by atoms with Gasteiger partial charge in [-0.2, -0.15) is 0 Å². The topological polar surface area (TPSA) is 82.9 Å². The average Bonchev–Trinajstić information content (AvgIpc) is 2.90. The number of fused-ring (bicyclic) bond motifs is 1. The van der Waals surface area contributed by atoms with E-state index in [9.17, 15) is 23.8 Å². The maximum Gasteiger partial charge on any atom is 0.308 e. The quantitative estimate of drug-likeness (QED) is 0.336. The van der Waals surface area contributed by atoms with Gasteiger partial charge in [0, 0.05) is 23.7 Å². The number of carboxylic acids is 1. The molecule has 2 N–H and O–H groups in total. The zero-order chi connectivity index (χ0) is 26.4. The Balaban J connectivity index is 1.30. The molecule has 0 amide bonds. The van der Waals surface area contributed by atoms with Crippen molar-refractivity contribution in [3.05, 3.63) is 71.4 Å². The monoisotopic (exact) mass is 512 g/mol. The fraction of sp³-hybridized carbons (Fsp3) is 0.448. The first-order chi connectivity index (χ1) is 17.9. The molecule has 1 fully saturated rings. The van der Waals surface area contributed by atoms with Crippen LogP contribution in [0.15, 0.2) is 48.7 Å². The van der Waals surface area contributed by atoms with Gasteiger partial charge < -0.3 is 19.8 Å². The molecule has 0 saturated carbocycles. The number of rotatable bonds is 11. The number of piperidine rings is 1. The van der Waals surface area contributed by atoms with Gasteiger partial charge in [0.05, 0.1) is 24.6 Å². The molecule has 0 radical (unpaired) electrons. The van der Waals surface area contributed by atoms with E-state index < -0.39 is 29.6 Å². The molecule has 1 aromatic heterocycles. The Morgan fingerprint density at radius 2 is 1.97 bits per heavy atom. The third-order valence-electron chi connectivity index (χ3n) is 7.52. The molecule has 1 saturated heterocycles. The molecular weight excluding hydrogens is 478 g/mol. The largest absolute Gasteiger partial charge is 0.497 e. The van der Waals surface area contributed by atoms with Gasteiger partial charge in [0.1, 0.15) is 17.4 Å². The fourth-order valence-corrected chi connectivity index (χ4v) is 5.40. The lowest BCUT2D eigenvalue weighted by molar-refractivity contribution is -0.146. The molecule has 3 aromatic rings. The summed E-state index contributed by atoms with van der Waals surface area (Å²) in [6.45, 7) is 1.91. The molecule has 4 rings (SSSR count). The van der Waals surface area contributed by atoms with Gasteiger partial charge in [0.15, 0.2) is 0 Å². The van der Waals surface area contributed by atoms with E-state index in [2.05, 4.69) is 9.88 Å². The summed E-state index contributed by atoms with van der Waals surface area (Å²) in [5.74, 6) is -1.72. The number of aromatic nitrogens is 1. The van der Waals surface area contributed by atoms with E-state index in [1.165, 1.54) is 18.2 Å². The van der Waals surface area contributed by atoms with Crippen molar-refractivity contribution >= 4 is 16.9 Å². The molecule has 0 bridgehead atoms. The van der Waals surface area contributed by atoms with Crippen LogP contribution in [0.4, 0.5) is 8.78 Å². The Bertz CT molecular complexity index is 1200. The molecule has 2 aromatic carbocycles. The number of hydrogen-bond donors (Lipinski definition) is 2. The second-order valence-electron chi connectivity index (χ2n) is 9.83. The summed E-state index contributed by atoms with van der Waals surface area (Å²) >= 11 is 0. The summed E-state index contributed by atoms with van der Waals surface area (Å²) < 4.78 is 33.0. The number of methoxy groups -OCH3 is 1. The Morgan fingerprint density at radius 1 is 1.19 bits per heavy atom. The van der Waals surface area contributed by atoms with Crippen LogP contribution in [0.25, 0.3) is 10.9 Å². The number of hydrogen-bond acceptors (Lipinski definition) is 5. The van der Waals surface area contributed by atoms with Crippen molar-refractivity contribution < 1.29 is 28.5 Å². The van der Waals surface area contributed by atoms with E-state index in [1.54, 1.807) is 19.4 Å². The number of carboxylic acid groups (broad SMARTS) is 1. The Kier molecular flexibility index (Phi) is 9.05. The molecule has 6 nitrogen and oxygen atoms in total. The summed E-state index contributed by atoms with van der Waals surface area (Å²) in [5, 5.41) is 21.7. The minimum atomic E-state index is -0.822. The maximum atomic E-state index is 13.8. The number of unbranched alkanes of at least 4 members (excludes halogenated alkanes) is 1. The summed E-state index contributed by atoms with van der Waals surface area (Å²) in [7, 11) is 1.59. The lowest BCUT2D eigenvalue weighted by Gasteiger charge is -2.37. The van der Waals surface area contributed by atoms with Crippen LogP contribution in [0.1, 0.15) is 49.3 Å². The summed E-state index contributed by atoms with van der Waals surface area (Å²) in [4.78, 5) is 18.6. The van der Waals surface area contributed by atoms with E-state index in [1.807, 2.05) is 18.2 Å². The molecular formula is C29H34F2N2O4. The summed E-state index contributed by atoms with van der Waals surface area (Å²) in [6, 6.07) is 11.2. The first-order valence-electron chi connectivity index (χ1n) is 12.9. The molecule has 1 aliphatic heterocycles. The highest BCUT2D eigenvalue weighted by atomic mass is 19.1. The molecule has 3 atom stereocenters.